The third-order valence-electron chi connectivity index (χ3n) is 2.50. The van der Waals surface area contributed by atoms with Crippen LogP contribution in [-0.2, 0) is 10.0 Å². The Morgan fingerprint density at radius 1 is 1.45 bits per heavy atom. The van der Waals surface area contributed by atoms with Gasteiger partial charge in [-0.25, -0.2) is 12.8 Å². The summed E-state index contributed by atoms with van der Waals surface area (Å²) in [5.74, 6) is -1.46. The second-order valence-electron chi connectivity index (χ2n) is 4.34. The van der Waals surface area contributed by atoms with Gasteiger partial charge in [0.05, 0.1) is 11.0 Å². The summed E-state index contributed by atoms with van der Waals surface area (Å²) in [6.07, 6.45) is 0. The third-order valence-corrected chi connectivity index (χ3v) is 3.96. The Labute approximate surface area is 115 Å². The van der Waals surface area contributed by atoms with Crippen LogP contribution in [-0.4, -0.2) is 19.4 Å². The van der Waals surface area contributed by atoms with E-state index in [1.165, 1.54) is 0 Å². The number of halogens is 1. The molecule has 0 bridgehead atoms. The number of non-ortho nitro benzene ring substituents is 1. The fraction of sp³-hybridized carbons (Fsp3) is 0.364. The van der Waals surface area contributed by atoms with Gasteiger partial charge in [0.25, 0.3) is 5.69 Å². The van der Waals surface area contributed by atoms with E-state index in [0.29, 0.717) is 12.1 Å². The molecule has 1 unspecified atom stereocenters. The molecule has 20 heavy (non-hydrogen) atoms. The van der Waals surface area contributed by atoms with Gasteiger partial charge in [0, 0.05) is 12.1 Å². The summed E-state index contributed by atoms with van der Waals surface area (Å²) in [5.41, 5.74) is -0.551. The molecule has 0 aliphatic heterocycles. The minimum atomic E-state index is -4.36. The first-order valence-corrected chi connectivity index (χ1v) is 7.03. The fourth-order valence-corrected chi connectivity index (χ4v) is 2.74. The van der Waals surface area contributed by atoms with Gasteiger partial charge in [0.1, 0.15) is 16.8 Å². The molecule has 0 saturated heterocycles. The molecule has 0 radical (unpaired) electrons. The van der Waals surface area contributed by atoms with Crippen molar-refractivity contribution in [3.8, 4) is 6.07 Å². The third kappa shape index (κ3) is 3.49. The molecule has 1 aromatic rings. The summed E-state index contributed by atoms with van der Waals surface area (Å²) < 4.78 is 39.5. The predicted octanol–water partition coefficient (Wildman–Crippen LogP) is 1.56. The van der Waals surface area contributed by atoms with E-state index in [9.17, 15) is 22.9 Å². The number of nitro benzene ring substituents is 1. The molecule has 1 rings (SSSR count). The van der Waals surface area contributed by atoms with Crippen LogP contribution < -0.4 is 4.72 Å². The van der Waals surface area contributed by atoms with E-state index in [2.05, 4.69) is 0 Å². The first-order valence-electron chi connectivity index (χ1n) is 5.55. The molecule has 0 aromatic heterocycles. The molecule has 0 heterocycles. The number of nitro groups is 1. The van der Waals surface area contributed by atoms with Crippen LogP contribution in [0.5, 0.6) is 0 Å². The van der Waals surface area contributed by atoms with Crippen LogP contribution in [0.4, 0.5) is 10.1 Å². The maximum absolute atomic E-state index is 13.6. The molecule has 7 nitrogen and oxygen atoms in total. The van der Waals surface area contributed by atoms with E-state index in [4.69, 9.17) is 5.26 Å². The zero-order chi connectivity index (χ0) is 15.5. The number of hydrogen-bond donors (Lipinski definition) is 1. The number of hydrogen-bond acceptors (Lipinski definition) is 5. The van der Waals surface area contributed by atoms with Crippen LogP contribution in [0.15, 0.2) is 23.1 Å². The summed E-state index contributed by atoms with van der Waals surface area (Å²) in [7, 11) is -4.36. The highest BCUT2D eigenvalue weighted by atomic mass is 32.2. The van der Waals surface area contributed by atoms with Gasteiger partial charge in [-0.2, -0.15) is 9.98 Å². The fourth-order valence-electron chi connectivity index (χ4n) is 1.35. The maximum atomic E-state index is 13.6. The molecule has 0 aliphatic carbocycles. The Morgan fingerprint density at radius 3 is 2.50 bits per heavy atom. The highest BCUT2D eigenvalue weighted by molar-refractivity contribution is 7.89. The SMILES string of the molecule is CC(C)C(C#N)NS(=O)(=O)c1cc([N+](=O)[O-])ccc1F. The number of rotatable bonds is 5. The van der Waals surface area contributed by atoms with Crippen LogP contribution in [0.3, 0.4) is 0 Å². The lowest BCUT2D eigenvalue weighted by Crippen LogP contribution is -2.37. The van der Waals surface area contributed by atoms with Gasteiger partial charge in [0.15, 0.2) is 0 Å². The van der Waals surface area contributed by atoms with Crippen LogP contribution in [0.25, 0.3) is 0 Å². The van der Waals surface area contributed by atoms with Gasteiger partial charge >= 0.3 is 0 Å². The van der Waals surface area contributed by atoms with Gasteiger partial charge in [-0.1, -0.05) is 13.8 Å². The average Bonchev–Trinajstić information content (AvgIpc) is 2.35. The minimum Gasteiger partial charge on any atom is -0.258 e. The summed E-state index contributed by atoms with van der Waals surface area (Å²) in [4.78, 5) is 8.91. The van der Waals surface area contributed by atoms with Crippen LogP contribution in [0.2, 0.25) is 0 Å². The molecule has 0 spiro atoms. The van der Waals surface area contributed by atoms with Crippen molar-refractivity contribution in [1.82, 2.24) is 4.72 Å². The lowest BCUT2D eigenvalue weighted by atomic mass is 10.1. The monoisotopic (exact) mass is 301 g/mol. The van der Waals surface area contributed by atoms with E-state index in [-0.39, 0.29) is 5.92 Å². The molecule has 0 amide bonds. The number of benzene rings is 1. The average molecular weight is 301 g/mol. The van der Waals surface area contributed by atoms with E-state index in [1.807, 2.05) is 4.72 Å². The first-order chi connectivity index (χ1) is 9.19. The molecule has 1 atom stereocenters. The van der Waals surface area contributed by atoms with Crippen molar-refractivity contribution in [2.45, 2.75) is 24.8 Å². The van der Waals surface area contributed by atoms with E-state index in [1.54, 1.807) is 19.9 Å². The van der Waals surface area contributed by atoms with Gasteiger partial charge < -0.3 is 0 Å². The number of sulfonamides is 1. The maximum Gasteiger partial charge on any atom is 0.270 e. The van der Waals surface area contributed by atoms with E-state index in [0.717, 1.165) is 6.07 Å². The normalized spacial score (nSPS) is 12.9. The van der Waals surface area contributed by atoms with Gasteiger partial charge in [-0.15, -0.1) is 0 Å². The quantitative estimate of drug-likeness (QED) is 0.655. The summed E-state index contributed by atoms with van der Waals surface area (Å²) >= 11 is 0. The Bertz CT molecular complexity index is 667. The Kier molecular flexibility index (Phi) is 4.75. The number of nitrogens with zero attached hydrogens (tertiary/aromatic N) is 2. The molecule has 0 fully saturated rings. The summed E-state index contributed by atoms with van der Waals surface area (Å²) in [5, 5.41) is 19.4. The van der Waals surface area contributed by atoms with Crippen molar-refractivity contribution in [3.63, 3.8) is 0 Å². The van der Waals surface area contributed by atoms with Crippen molar-refractivity contribution in [2.75, 3.05) is 0 Å². The Morgan fingerprint density at radius 2 is 2.05 bits per heavy atom. The predicted molar refractivity (Wildman–Crippen MR) is 67.6 cm³/mol. The molecule has 9 heteroatoms. The smallest absolute Gasteiger partial charge is 0.258 e. The van der Waals surface area contributed by atoms with Crippen molar-refractivity contribution < 1.29 is 17.7 Å². The van der Waals surface area contributed by atoms with Crippen molar-refractivity contribution in [2.24, 2.45) is 5.92 Å². The molecule has 108 valence electrons. The molecule has 1 aromatic carbocycles. The highest BCUT2D eigenvalue weighted by Gasteiger charge is 2.26. The second kappa shape index (κ2) is 5.94. The summed E-state index contributed by atoms with van der Waals surface area (Å²) in [6.45, 7) is 3.22. The van der Waals surface area contributed by atoms with Crippen molar-refractivity contribution in [1.29, 1.82) is 5.26 Å². The van der Waals surface area contributed by atoms with E-state index >= 15 is 0 Å². The summed E-state index contributed by atoms with van der Waals surface area (Å²) in [6, 6.07) is 2.86. The first kappa shape index (κ1) is 16.0. The molecule has 1 N–H and O–H groups in total. The molecular weight excluding hydrogens is 289 g/mol. The molecule has 0 aliphatic rings. The Balaban J connectivity index is 3.25. The van der Waals surface area contributed by atoms with Crippen molar-refractivity contribution in [3.05, 3.63) is 34.1 Å². The zero-order valence-electron chi connectivity index (χ0n) is 10.7. The second-order valence-corrected chi connectivity index (χ2v) is 6.03. The number of nitriles is 1. The lowest BCUT2D eigenvalue weighted by molar-refractivity contribution is -0.385. The van der Waals surface area contributed by atoms with E-state index < -0.39 is 37.4 Å². The minimum absolute atomic E-state index is 0.337. The standard InChI is InChI=1S/C11H12FN3O4S/c1-7(2)10(6-13)14-20(18,19)11-5-8(15(16)17)3-4-9(11)12/h3-5,7,10,14H,1-2H3. The zero-order valence-corrected chi connectivity index (χ0v) is 11.5. The van der Waals surface area contributed by atoms with Crippen molar-refractivity contribution >= 4 is 15.7 Å². The van der Waals surface area contributed by atoms with Crippen LogP contribution in [0.1, 0.15) is 13.8 Å². The molecule has 0 saturated carbocycles. The van der Waals surface area contributed by atoms with Crippen LogP contribution in [0, 0.1) is 33.2 Å². The lowest BCUT2D eigenvalue weighted by Gasteiger charge is -2.15. The molecular formula is C11H12FN3O4S. The number of nitrogens with one attached hydrogen (secondary N) is 1. The topological polar surface area (TPSA) is 113 Å². The van der Waals surface area contributed by atoms with Gasteiger partial charge in [0.2, 0.25) is 10.0 Å². The van der Waals surface area contributed by atoms with Crippen LogP contribution >= 0.6 is 0 Å². The van der Waals surface area contributed by atoms with Gasteiger partial charge in [-0.3, -0.25) is 10.1 Å². The Hall–Kier alpha value is -2.05. The largest absolute Gasteiger partial charge is 0.270 e. The highest BCUT2D eigenvalue weighted by Crippen LogP contribution is 2.21. The van der Waals surface area contributed by atoms with Gasteiger partial charge in [-0.05, 0) is 12.0 Å².